The Balaban J connectivity index is 2.22. The zero-order chi connectivity index (χ0) is 14.6. The largest absolute Gasteiger partial charge is 0.371 e. The molecule has 0 amide bonds. The van der Waals surface area contributed by atoms with Gasteiger partial charge in [0, 0.05) is 24.6 Å². The first-order valence-electron chi connectivity index (χ1n) is 7.89. The Bertz CT molecular complexity index is 422. The van der Waals surface area contributed by atoms with Crippen LogP contribution < -0.4 is 5.32 Å². The second-order valence-electron chi connectivity index (χ2n) is 6.04. The number of hydrogen-bond acceptors (Lipinski definition) is 4. The van der Waals surface area contributed by atoms with Crippen molar-refractivity contribution in [2.45, 2.75) is 77.5 Å². The molecule has 0 unspecified atom stereocenters. The monoisotopic (exact) mass is 296 g/mol. The SMILES string of the molecule is CCc1nc(C2(OC)CCCCC2)sc1CNC(C)C. The minimum absolute atomic E-state index is 0.108. The molecule has 1 aliphatic rings. The molecule has 1 saturated carbocycles. The topological polar surface area (TPSA) is 34.1 Å². The number of thiazole rings is 1. The van der Waals surface area contributed by atoms with Crippen molar-refractivity contribution in [1.82, 2.24) is 10.3 Å². The van der Waals surface area contributed by atoms with Crippen molar-refractivity contribution in [3.8, 4) is 0 Å². The van der Waals surface area contributed by atoms with E-state index in [9.17, 15) is 0 Å². The molecule has 0 bridgehead atoms. The Hall–Kier alpha value is -0.450. The zero-order valence-electron chi connectivity index (χ0n) is 13.3. The number of nitrogens with one attached hydrogen (secondary N) is 1. The first-order chi connectivity index (χ1) is 9.61. The number of nitrogens with zero attached hydrogens (tertiary/aromatic N) is 1. The summed E-state index contributed by atoms with van der Waals surface area (Å²) in [6.45, 7) is 7.49. The third-order valence-electron chi connectivity index (χ3n) is 4.23. The van der Waals surface area contributed by atoms with Crippen LogP contribution in [0.1, 0.15) is 68.5 Å². The van der Waals surface area contributed by atoms with E-state index >= 15 is 0 Å². The third kappa shape index (κ3) is 3.41. The van der Waals surface area contributed by atoms with Gasteiger partial charge < -0.3 is 10.1 Å². The van der Waals surface area contributed by atoms with Crippen molar-refractivity contribution in [1.29, 1.82) is 0 Å². The lowest BCUT2D eigenvalue weighted by atomic mass is 9.85. The lowest BCUT2D eigenvalue weighted by molar-refractivity contribution is -0.0447. The first kappa shape index (κ1) is 15.9. The fraction of sp³-hybridized carbons (Fsp3) is 0.812. The molecule has 0 spiro atoms. The summed E-state index contributed by atoms with van der Waals surface area (Å²) in [6, 6.07) is 0.510. The molecule has 0 radical (unpaired) electrons. The molecule has 114 valence electrons. The maximum Gasteiger partial charge on any atom is 0.125 e. The van der Waals surface area contributed by atoms with Gasteiger partial charge in [0.1, 0.15) is 10.6 Å². The summed E-state index contributed by atoms with van der Waals surface area (Å²) in [5, 5.41) is 4.72. The summed E-state index contributed by atoms with van der Waals surface area (Å²) in [5.74, 6) is 0. The van der Waals surface area contributed by atoms with Crippen LogP contribution in [-0.4, -0.2) is 18.1 Å². The summed E-state index contributed by atoms with van der Waals surface area (Å²) in [4.78, 5) is 6.31. The van der Waals surface area contributed by atoms with Crippen LogP contribution >= 0.6 is 11.3 Å². The maximum atomic E-state index is 5.93. The Labute approximate surface area is 127 Å². The van der Waals surface area contributed by atoms with E-state index in [2.05, 4.69) is 26.1 Å². The minimum Gasteiger partial charge on any atom is -0.371 e. The molecule has 4 heteroatoms. The molecule has 1 aliphatic carbocycles. The number of hydrogen-bond donors (Lipinski definition) is 1. The predicted molar refractivity (Wildman–Crippen MR) is 85.2 cm³/mol. The van der Waals surface area contributed by atoms with Crippen molar-refractivity contribution in [3.05, 3.63) is 15.6 Å². The van der Waals surface area contributed by atoms with Gasteiger partial charge in [0.25, 0.3) is 0 Å². The number of ether oxygens (including phenoxy) is 1. The van der Waals surface area contributed by atoms with E-state index in [0.717, 1.165) is 25.8 Å². The molecule has 0 aromatic carbocycles. The lowest BCUT2D eigenvalue weighted by Gasteiger charge is -2.34. The van der Waals surface area contributed by atoms with Gasteiger partial charge in [-0.1, -0.05) is 40.0 Å². The Kier molecular flexibility index (Phi) is 5.58. The van der Waals surface area contributed by atoms with Gasteiger partial charge in [0.05, 0.1) is 5.69 Å². The van der Waals surface area contributed by atoms with Crippen molar-refractivity contribution < 1.29 is 4.74 Å². The van der Waals surface area contributed by atoms with Gasteiger partial charge in [-0.2, -0.15) is 0 Å². The summed E-state index contributed by atoms with van der Waals surface area (Å²) in [5.41, 5.74) is 1.14. The van der Waals surface area contributed by atoms with Crippen LogP contribution in [0.25, 0.3) is 0 Å². The van der Waals surface area contributed by atoms with Crippen molar-refractivity contribution in [2.75, 3.05) is 7.11 Å². The van der Waals surface area contributed by atoms with E-state index in [1.54, 1.807) is 0 Å². The van der Waals surface area contributed by atoms with Crippen LogP contribution in [0.3, 0.4) is 0 Å². The Morgan fingerprint density at radius 1 is 1.30 bits per heavy atom. The Morgan fingerprint density at radius 2 is 2.00 bits per heavy atom. The molecule has 1 heterocycles. The summed E-state index contributed by atoms with van der Waals surface area (Å²) >= 11 is 1.86. The zero-order valence-corrected chi connectivity index (χ0v) is 14.1. The number of aromatic nitrogens is 1. The summed E-state index contributed by atoms with van der Waals surface area (Å²) < 4.78 is 5.93. The molecule has 20 heavy (non-hydrogen) atoms. The fourth-order valence-corrected chi connectivity index (χ4v) is 4.24. The van der Waals surface area contributed by atoms with E-state index in [1.165, 1.54) is 34.8 Å². The van der Waals surface area contributed by atoms with Crippen LogP contribution in [0.15, 0.2) is 0 Å². The molecule has 1 aromatic rings. The van der Waals surface area contributed by atoms with Crippen LogP contribution in [0.2, 0.25) is 0 Å². The van der Waals surface area contributed by atoms with E-state index in [-0.39, 0.29) is 5.60 Å². The van der Waals surface area contributed by atoms with Gasteiger partial charge in [-0.25, -0.2) is 4.98 Å². The van der Waals surface area contributed by atoms with Gasteiger partial charge >= 0.3 is 0 Å². The molecule has 1 N–H and O–H groups in total. The van der Waals surface area contributed by atoms with Gasteiger partial charge in [0.15, 0.2) is 0 Å². The molecule has 0 atom stereocenters. The smallest absolute Gasteiger partial charge is 0.125 e. The van der Waals surface area contributed by atoms with Crippen molar-refractivity contribution in [3.63, 3.8) is 0 Å². The highest BCUT2D eigenvalue weighted by Gasteiger charge is 2.37. The number of aryl methyl sites for hydroxylation is 1. The third-order valence-corrected chi connectivity index (χ3v) is 5.51. The average Bonchev–Trinajstić information content (AvgIpc) is 2.89. The van der Waals surface area contributed by atoms with Gasteiger partial charge in [-0.05, 0) is 19.3 Å². The quantitative estimate of drug-likeness (QED) is 0.861. The first-order valence-corrected chi connectivity index (χ1v) is 8.70. The lowest BCUT2D eigenvalue weighted by Crippen LogP contribution is -2.31. The average molecular weight is 296 g/mol. The van der Waals surface area contributed by atoms with E-state index in [4.69, 9.17) is 9.72 Å². The molecular formula is C16H28N2OS. The van der Waals surface area contributed by atoms with Gasteiger partial charge in [0.2, 0.25) is 0 Å². The molecule has 0 aliphatic heterocycles. The number of rotatable bonds is 6. The molecule has 1 fully saturated rings. The minimum atomic E-state index is -0.108. The van der Waals surface area contributed by atoms with Crippen molar-refractivity contribution in [2.24, 2.45) is 0 Å². The normalized spacial score (nSPS) is 18.6. The van der Waals surface area contributed by atoms with Crippen molar-refractivity contribution >= 4 is 11.3 Å². The summed E-state index contributed by atoms with van der Waals surface area (Å²) in [7, 11) is 1.85. The van der Waals surface area contributed by atoms with E-state index in [0.29, 0.717) is 6.04 Å². The van der Waals surface area contributed by atoms with Gasteiger partial charge in [-0.3, -0.25) is 0 Å². The van der Waals surface area contributed by atoms with E-state index < -0.39 is 0 Å². The number of methoxy groups -OCH3 is 1. The molecule has 3 nitrogen and oxygen atoms in total. The molecule has 2 rings (SSSR count). The fourth-order valence-electron chi connectivity index (χ4n) is 2.92. The molecular weight excluding hydrogens is 268 g/mol. The van der Waals surface area contributed by atoms with Crippen LogP contribution in [-0.2, 0) is 23.3 Å². The second kappa shape index (κ2) is 7.01. The highest BCUT2D eigenvalue weighted by molar-refractivity contribution is 7.11. The van der Waals surface area contributed by atoms with Crippen LogP contribution in [0.5, 0.6) is 0 Å². The maximum absolute atomic E-state index is 5.93. The molecule has 0 saturated heterocycles. The standard InChI is InChI=1S/C16H28N2OS/c1-5-13-14(11-17-12(2)3)20-15(18-13)16(19-4)9-7-6-8-10-16/h12,17H,5-11H2,1-4H3. The summed E-state index contributed by atoms with van der Waals surface area (Å²) in [6.07, 6.45) is 7.10. The van der Waals surface area contributed by atoms with E-state index in [1.807, 2.05) is 18.4 Å². The van der Waals surface area contributed by atoms with Crippen LogP contribution in [0, 0.1) is 0 Å². The second-order valence-corrected chi connectivity index (χ2v) is 7.12. The van der Waals surface area contributed by atoms with Gasteiger partial charge in [-0.15, -0.1) is 11.3 Å². The highest BCUT2D eigenvalue weighted by atomic mass is 32.1. The highest BCUT2D eigenvalue weighted by Crippen LogP contribution is 2.42. The molecule has 1 aromatic heterocycles. The van der Waals surface area contributed by atoms with Crippen LogP contribution in [0.4, 0.5) is 0 Å². The predicted octanol–water partition coefficient (Wildman–Crippen LogP) is 4.01. The Morgan fingerprint density at radius 3 is 2.55 bits per heavy atom.